The molecule has 3 aromatic heterocycles. The zero-order valence-corrected chi connectivity index (χ0v) is 21.5. The third-order valence-corrected chi connectivity index (χ3v) is 7.02. The van der Waals surface area contributed by atoms with Crippen molar-refractivity contribution in [2.45, 2.75) is 45.3 Å². The van der Waals surface area contributed by atoms with Crippen LogP contribution in [-0.2, 0) is 11.3 Å². The molecule has 192 valence electrons. The molecule has 0 aliphatic rings. The van der Waals surface area contributed by atoms with Crippen molar-refractivity contribution in [3.63, 3.8) is 0 Å². The van der Waals surface area contributed by atoms with Gasteiger partial charge < -0.3 is 26.1 Å². The maximum Gasteiger partial charge on any atom is 0.270 e. The van der Waals surface area contributed by atoms with Crippen molar-refractivity contribution in [3.05, 3.63) is 76.8 Å². The summed E-state index contributed by atoms with van der Waals surface area (Å²) in [7, 11) is 0. The van der Waals surface area contributed by atoms with Gasteiger partial charge in [-0.15, -0.1) is 0 Å². The summed E-state index contributed by atoms with van der Waals surface area (Å²) in [5.74, 6) is -1.35. The summed E-state index contributed by atoms with van der Waals surface area (Å²) in [5, 5.41) is 3.87. The molecule has 11 heteroatoms. The smallest absolute Gasteiger partial charge is 0.270 e. The molecule has 3 heterocycles. The summed E-state index contributed by atoms with van der Waals surface area (Å²) >= 11 is 0.759. The highest BCUT2D eigenvalue weighted by atomic mass is 32.1. The van der Waals surface area contributed by atoms with Crippen LogP contribution in [0.4, 0.5) is 5.69 Å². The van der Waals surface area contributed by atoms with Crippen molar-refractivity contribution in [1.29, 1.82) is 0 Å². The predicted molar refractivity (Wildman–Crippen MR) is 141 cm³/mol. The lowest BCUT2D eigenvalue weighted by molar-refractivity contribution is -0.127. The van der Waals surface area contributed by atoms with Gasteiger partial charge in [-0.2, -0.15) is 4.37 Å². The number of hydrogen-bond acceptors (Lipinski definition) is 8. The molecular weight excluding hydrogens is 492 g/mol. The number of aromatic nitrogens is 2. The third kappa shape index (κ3) is 5.46. The molecule has 4 rings (SSSR count). The predicted octanol–water partition coefficient (Wildman–Crippen LogP) is 3.65. The minimum atomic E-state index is -1.06. The summed E-state index contributed by atoms with van der Waals surface area (Å²) in [4.78, 5) is 45.3. The number of anilines is 1. The highest BCUT2D eigenvalue weighted by molar-refractivity contribution is 7.09. The first-order valence-electron chi connectivity index (χ1n) is 11.7. The zero-order valence-electron chi connectivity index (χ0n) is 20.7. The number of nitrogens with two attached hydrogens (primary N) is 2. The Hall–Kier alpha value is -4.25. The number of carbonyl (C=O) groups excluding carboxylic acids is 3. The number of furan rings is 1. The molecule has 0 aliphatic heterocycles. The Balaban J connectivity index is 1.87. The average molecular weight is 521 g/mol. The number of primary amides is 1. The number of benzene rings is 1. The molecular formula is C26H28N6O4S. The van der Waals surface area contributed by atoms with E-state index in [0.717, 1.165) is 22.4 Å². The van der Waals surface area contributed by atoms with Crippen molar-refractivity contribution in [3.8, 4) is 0 Å². The van der Waals surface area contributed by atoms with E-state index in [2.05, 4.69) is 14.7 Å². The molecule has 1 aromatic carbocycles. The number of nitrogens with zero attached hydrogens (tertiary/aromatic N) is 3. The topological polar surface area (TPSA) is 157 Å². The second-order valence-corrected chi connectivity index (χ2v) is 10.0. The van der Waals surface area contributed by atoms with Crippen LogP contribution in [0.15, 0.2) is 59.3 Å². The van der Waals surface area contributed by atoms with E-state index < -0.39 is 23.4 Å². The first-order chi connectivity index (χ1) is 17.6. The van der Waals surface area contributed by atoms with E-state index in [0.29, 0.717) is 17.7 Å². The van der Waals surface area contributed by atoms with E-state index in [1.54, 1.807) is 36.5 Å². The Labute approximate surface area is 217 Å². The summed E-state index contributed by atoms with van der Waals surface area (Å²) in [6.07, 6.45) is 3.84. The minimum Gasteiger partial charge on any atom is -0.467 e. The Kier molecular flexibility index (Phi) is 7.25. The van der Waals surface area contributed by atoms with E-state index in [1.807, 2.05) is 32.9 Å². The Morgan fingerprint density at radius 3 is 2.62 bits per heavy atom. The van der Waals surface area contributed by atoms with Gasteiger partial charge in [0.1, 0.15) is 16.7 Å². The van der Waals surface area contributed by atoms with Gasteiger partial charge in [0.25, 0.3) is 11.8 Å². The number of rotatable bonds is 9. The molecule has 0 saturated heterocycles. The lowest BCUT2D eigenvalue weighted by Gasteiger charge is -2.34. The normalized spacial score (nSPS) is 12.3. The summed E-state index contributed by atoms with van der Waals surface area (Å²) in [5.41, 5.74) is 11.9. The number of nitrogens with one attached hydrogen (secondary N) is 1. The van der Waals surface area contributed by atoms with Gasteiger partial charge in [-0.05, 0) is 67.7 Å². The maximum atomic E-state index is 14.0. The van der Waals surface area contributed by atoms with Crippen LogP contribution in [0, 0.1) is 0 Å². The standard InChI is InChI=1S/C26H28N6O4S/c1-4-26(2,3)30-24(34)21(16-9-10-18-15(13-16)7-5-11-29-18)32(14-17-8-6-12-36-17)25(35)22-19(27)20(23(28)33)31-37-22/h5-13,21H,4,14,27H2,1-3H3,(H2,28,33)(H,30,34)/t21-/m1/s1. The van der Waals surface area contributed by atoms with Gasteiger partial charge in [-0.25, -0.2) is 0 Å². The fraction of sp³-hybridized carbons (Fsp3) is 0.269. The van der Waals surface area contributed by atoms with Crippen molar-refractivity contribution in [2.75, 3.05) is 5.73 Å². The molecule has 1 atom stereocenters. The molecule has 0 radical (unpaired) electrons. The van der Waals surface area contributed by atoms with E-state index in [-0.39, 0.29) is 28.7 Å². The lowest BCUT2D eigenvalue weighted by Crippen LogP contribution is -2.50. The van der Waals surface area contributed by atoms with Crippen LogP contribution in [0.25, 0.3) is 10.9 Å². The molecule has 3 amide bonds. The molecule has 0 saturated carbocycles. The van der Waals surface area contributed by atoms with E-state index in [9.17, 15) is 14.4 Å². The highest BCUT2D eigenvalue weighted by Crippen LogP contribution is 2.32. The van der Waals surface area contributed by atoms with Gasteiger partial charge in [-0.1, -0.05) is 19.1 Å². The molecule has 10 nitrogen and oxygen atoms in total. The molecule has 0 aliphatic carbocycles. The minimum absolute atomic E-state index is 0.00960. The largest absolute Gasteiger partial charge is 0.467 e. The monoisotopic (exact) mass is 520 g/mol. The van der Waals surface area contributed by atoms with Gasteiger partial charge in [-0.3, -0.25) is 19.4 Å². The van der Waals surface area contributed by atoms with Crippen molar-refractivity contribution in [1.82, 2.24) is 19.6 Å². The first kappa shape index (κ1) is 25.8. The van der Waals surface area contributed by atoms with Crippen LogP contribution >= 0.6 is 11.5 Å². The number of nitrogen functional groups attached to an aromatic ring is 1. The number of hydrogen-bond donors (Lipinski definition) is 3. The molecule has 5 N–H and O–H groups in total. The van der Waals surface area contributed by atoms with Crippen LogP contribution in [0.5, 0.6) is 0 Å². The summed E-state index contributed by atoms with van der Waals surface area (Å²) in [6.45, 7) is 5.74. The lowest BCUT2D eigenvalue weighted by atomic mass is 9.97. The quantitative estimate of drug-likeness (QED) is 0.304. The highest BCUT2D eigenvalue weighted by Gasteiger charge is 2.37. The van der Waals surface area contributed by atoms with E-state index in [4.69, 9.17) is 15.9 Å². The van der Waals surface area contributed by atoms with Crippen molar-refractivity contribution >= 4 is 45.8 Å². The SMILES string of the molecule is CCC(C)(C)NC(=O)[C@@H](c1ccc2ncccc2c1)N(Cc1ccco1)C(=O)c1snc(C(N)=O)c1N. The van der Waals surface area contributed by atoms with Gasteiger partial charge in [0.2, 0.25) is 5.91 Å². The fourth-order valence-electron chi connectivity index (χ4n) is 3.84. The molecule has 0 bridgehead atoms. The zero-order chi connectivity index (χ0) is 26.7. The van der Waals surface area contributed by atoms with Gasteiger partial charge in [0.15, 0.2) is 5.69 Å². The maximum absolute atomic E-state index is 14.0. The second kappa shape index (κ2) is 10.4. The average Bonchev–Trinajstić information content (AvgIpc) is 3.52. The molecule has 4 aromatic rings. The Morgan fingerprint density at radius 1 is 1.19 bits per heavy atom. The van der Waals surface area contributed by atoms with Crippen LogP contribution in [0.2, 0.25) is 0 Å². The molecule has 37 heavy (non-hydrogen) atoms. The van der Waals surface area contributed by atoms with Gasteiger partial charge >= 0.3 is 0 Å². The summed E-state index contributed by atoms with van der Waals surface area (Å²) < 4.78 is 9.50. The Morgan fingerprint density at radius 2 is 1.97 bits per heavy atom. The van der Waals surface area contributed by atoms with Crippen LogP contribution in [-0.4, -0.2) is 37.5 Å². The number of carbonyl (C=O) groups is 3. The van der Waals surface area contributed by atoms with Gasteiger partial charge in [0, 0.05) is 17.1 Å². The van der Waals surface area contributed by atoms with Crippen LogP contribution in [0.1, 0.15) is 64.7 Å². The van der Waals surface area contributed by atoms with Crippen LogP contribution in [0.3, 0.4) is 0 Å². The van der Waals surface area contributed by atoms with Crippen LogP contribution < -0.4 is 16.8 Å². The fourth-order valence-corrected chi connectivity index (χ4v) is 4.60. The first-order valence-corrected chi connectivity index (χ1v) is 12.4. The second-order valence-electron chi connectivity index (χ2n) is 9.24. The molecule has 0 fully saturated rings. The summed E-state index contributed by atoms with van der Waals surface area (Å²) in [6, 6.07) is 11.4. The number of fused-ring (bicyclic) bond motifs is 1. The van der Waals surface area contributed by atoms with Gasteiger partial charge in [0.05, 0.1) is 24.0 Å². The van der Waals surface area contributed by atoms with Crippen molar-refractivity contribution < 1.29 is 18.8 Å². The molecule has 0 spiro atoms. The number of pyridine rings is 1. The van der Waals surface area contributed by atoms with E-state index in [1.165, 1.54) is 11.2 Å². The Bertz CT molecular complexity index is 1450. The number of amides is 3. The van der Waals surface area contributed by atoms with E-state index >= 15 is 0 Å². The molecule has 0 unspecified atom stereocenters. The van der Waals surface area contributed by atoms with Crippen molar-refractivity contribution in [2.24, 2.45) is 5.73 Å². The third-order valence-electron chi connectivity index (χ3n) is 6.17.